The van der Waals surface area contributed by atoms with Crippen molar-refractivity contribution in [1.29, 1.82) is 0 Å². The third kappa shape index (κ3) is 5.42. The minimum absolute atomic E-state index is 0.200. The Balaban J connectivity index is 1.77. The van der Waals surface area contributed by atoms with Gasteiger partial charge in [-0.2, -0.15) is 0 Å². The number of likely N-dealkylation sites (tertiary alicyclic amines) is 1. The molecule has 118 valence electrons. The number of furan rings is 1. The largest absolute Gasteiger partial charge is 0.468 e. The summed E-state index contributed by atoms with van der Waals surface area (Å²) in [6, 6.07) is 4.29. The van der Waals surface area contributed by atoms with Gasteiger partial charge in [0, 0.05) is 19.1 Å². The van der Waals surface area contributed by atoms with E-state index in [0.29, 0.717) is 6.04 Å². The highest BCUT2D eigenvalue weighted by Gasteiger charge is 2.25. The van der Waals surface area contributed by atoms with Gasteiger partial charge in [-0.05, 0) is 52.2 Å². The molecule has 0 spiro atoms. The first-order valence-electron chi connectivity index (χ1n) is 7.68. The Morgan fingerprint density at radius 2 is 2.24 bits per heavy atom. The van der Waals surface area contributed by atoms with Crippen LogP contribution in [-0.2, 0) is 11.3 Å². The average molecular weight is 294 g/mol. The van der Waals surface area contributed by atoms with Crippen LogP contribution in [0.25, 0.3) is 0 Å². The Bertz CT molecular complexity index is 437. The number of carbonyl (C=O) groups is 1. The number of nitrogens with one attached hydrogen (secondary N) is 1. The summed E-state index contributed by atoms with van der Waals surface area (Å²) in [4.78, 5) is 13.9. The van der Waals surface area contributed by atoms with Gasteiger partial charge in [0.1, 0.15) is 11.4 Å². The van der Waals surface area contributed by atoms with Gasteiger partial charge in [0.2, 0.25) is 0 Å². The van der Waals surface area contributed by atoms with Crippen LogP contribution in [0.5, 0.6) is 0 Å². The predicted molar refractivity (Wildman–Crippen MR) is 81.0 cm³/mol. The molecule has 0 aromatic carbocycles. The number of amides is 1. The molecule has 5 nitrogen and oxygen atoms in total. The summed E-state index contributed by atoms with van der Waals surface area (Å²) < 4.78 is 10.8. The van der Waals surface area contributed by atoms with Gasteiger partial charge in [-0.15, -0.1) is 0 Å². The Morgan fingerprint density at radius 1 is 1.43 bits per heavy atom. The van der Waals surface area contributed by atoms with E-state index in [1.807, 2.05) is 37.8 Å². The standard InChI is InChI=1S/C16H26N2O3/c1-16(2,3)21-15(19)18-9-4-6-13(8-10-18)17-12-14-7-5-11-20-14/h5,7,11,13,17H,4,6,8-10,12H2,1-3H3. The minimum Gasteiger partial charge on any atom is -0.468 e. The maximum absolute atomic E-state index is 12.1. The fourth-order valence-corrected chi connectivity index (χ4v) is 2.47. The molecule has 1 fully saturated rings. The Hall–Kier alpha value is -1.49. The zero-order valence-electron chi connectivity index (χ0n) is 13.2. The van der Waals surface area contributed by atoms with Crippen LogP contribution < -0.4 is 5.32 Å². The van der Waals surface area contributed by atoms with Crippen molar-refractivity contribution in [1.82, 2.24) is 10.2 Å². The van der Waals surface area contributed by atoms with Crippen molar-refractivity contribution in [3.8, 4) is 0 Å². The summed E-state index contributed by atoms with van der Waals surface area (Å²) in [5.74, 6) is 0.947. The van der Waals surface area contributed by atoms with Crippen molar-refractivity contribution in [2.75, 3.05) is 13.1 Å². The van der Waals surface area contributed by atoms with Gasteiger partial charge in [0.25, 0.3) is 0 Å². The van der Waals surface area contributed by atoms with E-state index in [1.54, 1.807) is 6.26 Å². The minimum atomic E-state index is -0.430. The van der Waals surface area contributed by atoms with Gasteiger partial charge < -0.3 is 19.4 Å². The van der Waals surface area contributed by atoms with E-state index in [9.17, 15) is 4.79 Å². The van der Waals surface area contributed by atoms with Crippen molar-refractivity contribution >= 4 is 6.09 Å². The lowest BCUT2D eigenvalue weighted by Gasteiger charge is -2.26. The number of hydrogen-bond donors (Lipinski definition) is 1. The monoisotopic (exact) mass is 294 g/mol. The number of hydrogen-bond acceptors (Lipinski definition) is 4. The molecule has 1 aromatic heterocycles. The second kappa shape index (κ2) is 6.98. The fraction of sp³-hybridized carbons (Fsp3) is 0.688. The maximum atomic E-state index is 12.1. The SMILES string of the molecule is CC(C)(C)OC(=O)N1CCCC(NCc2ccco2)CC1. The third-order valence-corrected chi connectivity index (χ3v) is 3.52. The molecular formula is C16H26N2O3. The van der Waals surface area contributed by atoms with E-state index < -0.39 is 5.60 Å². The first-order chi connectivity index (χ1) is 9.94. The van der Waals surface area contributed by atoms with Crippen LogP contribution in [0.3, 0.4) is 0 Å². The van der Waals surface area contributed by atoms with Gasteiger partial charge in [-0.25, -0.2) is 4.79 Å². The second-order valence-corrected chi connectivity index (χ2v) is 6.56. The number of ether oxygens (including phenoxy) is 1. The lowest BCUT2D eigenvalue weighted by atomic mass is 10.1. The van der Waals surface area contributed by atoms with E-state index in [0.717, 1.165) is 44.7 Å². The first kappa shape index (κ1) is 15.9. The average Bonchev–Trinajstić information content (AvgIpc) is 2.78. The van der Waals surface area contributed by atoms with Gasteiger partial charge in [-0.3, -0.25) is 0 Å². The summed E-state index contributed by atoms with van der Waals surface area (Å²) in [7, 11) is 0. The number of carbonyl (C=O) groups excluding carboxylic acids is 1. The summed E-state index contributed by atoms with van der Waals surface area (Å²) >= 11 is 0. The molecule has 1 aliphatic heterocycles. The topological polar surface area (TPSA) is 54.7 Å². The van der Waals surface area contributed by atoms with Crippen molar-refractivity contribution in [2.24, 2.45) is 0 Å². The highest BCUT2D eigenvalue weighted by atomic mass is 16.6. The summed E-state index contributed by atoms with van der Waals surface area (Å²) in [6.45, 7) is 7.95. The van der Waals surface area contributed by atoms with Crippen LogP contribution in [0.4, 0.5) is 4.79 Å². The van der Waals surface area contributed by atoms with Crippen LogP contribution in [0.15, 0.2) is 22.8 Å². The van der Waals surface area contributed by atoms with Crippen LogP contribution in [0.1, 0.15) is 45.8 Å². The molecule has 1 atom stereocenters. The fourth-order valence-electron chi connectivity index (χ4n) is 2.47. The summed E-state index contributed by atoms with van der Waals surface area (Å²) in [6.07, 6.45) is 4.50. The first-order valence-corrected chi connectivity index (χ1v) is 7.68. The molecule has 0 bridgehead atoms. The molecule has 1 aliphatic rings. The van der Waals surface area contributed by atoms with Crippen molar-refractivity contribution in [3.63, 3.8) is 0 Å². The normalized spacial score (nSPS) is 20.1. The van der Waals surface area contributed by atoms with E-state index >= 15 is 0 Å². The number of rotatable bonds is 3. The molecule has 1 saturated heterocycles. The van der Waals surface area contributed by atoms with E-state index in [-0.39, 0.29) is 6.09 Å². The lowest BCUT2D eigenvalue weighted by Crippen LogP contribution is -2.38. The van der Waals surface area contributed by atoms with Gasteiger partial charge >= 0.3 is 6.09 Å². The molecule has 0 aliphatic carbocycles. The molecule has 0 radical (unpaired) electrons. The summed E-state index contributed by atoms with van der Waals surface area (Å²) in [5.41, 5.74) is -0.430. The molecule has 1 aromatic rings. The van der Waals surface area contributed by atoms with Gasteiger partial charge in [-0.1, -0.05) is 0 Å². The Morgan fingerprint density at radius 3 is 2.90 bits per heavy atom. The maximum Gasteiger partial charge on any atom is 0.410 e. The van der Waals surface area contributed by atoms with Crippen molar-refractivity contribution in [2.45, 2.75) is 58.2 Å². The lowest BCUT2D eigenvalue weighted by molar-refractivity contribution is 0.0256. The molecule has 0 saturated carbocycles. The highest BCUT2D eigenvalue weighted by molar-refractivity contribution is 5.68. The summed E-state index contributed by atoms with van der Waals surface area (Å²) in [5, 5.41) is 3.50. The molecule has 5 heteroatoms. The quantitative estimate of drug-likeness (QED) is 0.930. The zero-order chi connectivity index (χ0) is 15.3. The second-order valence-electron chi connectivity index (χ2n) is 6.56. The van der Waals surface area contributed by atoms with E-state index in [4.69, 9.17) is 9.15 Å². The smallest absolute Gasteiger partial charge is 0.410 e. The molecule has 2 rings (SSSR count). The van der Waals surface area contributed by atoms with Crippen LogP contribution >= 0.6 is 0 Å². The molecule has 2 heterocycles. The molecule has 1 amide bonds. The van der Waals surface area contributed by atoms with Crippen molar-refractivity contribution < 1.29 is 13.9 Å². The Kier molecular flexibility index (Phi) is 5.28. The van der Waals surface area contributed by atoms with E-state index in [1.165, 1.54) is 0 Å². The molecular weight excluding hydrogens is 268 g/mol. The van der Waals surface area contributed by atoms with Gasteiger partial charge in [0.05, 0.1) is 12.8 Å². The zero-order valence-corrected chi connectivity index (χ0v) is 13.2. The molecule has 1 unspecified atom stereocenters. The van der Waals surface area contributed by atoms with Crippen LogP contribution in [-0.4, -0.2) is 35.7 Å². The highest BCUT2D eigenvalue weighted by Crippen LogP contribution is 2.16. The Labute approximate surface area is 126 Å². The number of nitrogens with zero attached hydrogens (tertiary/aromatic N) is 1. The third-order valence-electron chi connectivity index (χ3n) is 3.52. The van der Waals surface area contributed by atoms with Crippen LogP contribution in [0, 0.1) is 0 Å². The van der Waals surface area contributed by atoms with Gasteiger partial charge in [0.15, 0.2) is 0 Å². The van der Waals surface area contributed by atoms with E-state index in [2.05, 4.69) is 5.32 Å². The predicted octanol–water partition coefficient (Wildman–Crippen LogP) is 3.16. The molecule has 21 heavy (non-hydrogen) atoms. The van der Waals surface area contributed by atoms with Crippen LogP contribution in [0.2, 0.25) is 0 Å². The molecule has 1 N–H and O–H groups in total. The van der Waals surface area contributed by atoms with Crippen molar-refractivity contribution in [3.05, 3.63) is 24.2 Å².